The van der Waals surface area contributed by atoms with Crippen LogP contribution < -0.4 is 5.32 Å². The molecule has 0 atom stereocenters. The molecule has 0 aliphatic heterocycles. The maximum atomic E-state index is 8.44. The van der Waals surface area contributed by atoms with Crippen molar-refractivity contribution in [1.82, 2.24) is 5.32 Å². The normalized spacial score (nSPS) is 10.3. The van der Waals surface area contributed by atoms with E-state index in [0.717, 1.165) is 18.7 Å². The van der Waals surface area contributed by atoms with E-state index in [1.807, 2.05) is 12.1 Å². The summed E-state index contributed by atoms with van der Waals surface area (Å²) in [5.41, 5.74) is 0. The van der Waals surface area contributed by atoms with Crippen LogP contribution in [0.2, 0.25) is 0 Å². The van der Waals surface area contributed by atoms with Crippen molar-refractivity contribution in [2.24, 2.45) is 0 Å². The molecule has 0 aromatic carbocycles. The molecule has 0 radical (unpaired) electrons. The van der Waals surface area contributed by atoms with Gasteiger partial charge in [-0.3, -0.25) is 0 Å². The fourth-order valence-corrected chi connectivity index (χ4v) is 0.870. The second kappa shape index (κ2) is 4.93. The lowest BCUT2D eigenvalue weighted by Crippen LogP contribution is -2.20. The van der Waals surface area contributed by atoms with E-state index in [2.05, 4.69) is 5.32 Å². The Morgan fingerprint density at radius 1 is 1.45 bits per heavy atom. The van der Waals surface area contributed by atoms with E-state index in [4.69, 9.17) is 9.52 Å². The molecule has 1 aromatic rings. The smallest absolute Gasteiger partial charge is 0.105 e. The van der Waals surface area contributed by atoms with Gasteiger partial charge in [0.15, 0.2) is 0 Å². The number of aliphatic hydroxyl groups excluding tert-OH is 1. The van der Waals surface area contributed by atoms with Crippen molar-refractivity contribution in [2.45, 2.75) is 6.42 Å². The van der Waals surface area contributed by atoms with E-state index < -0.39 is 0 Å². The Morgan fingerprint density at radius 3 is 3.00 bits per heavy atom. The molecule has 2 N–H and O–H groups in total. The molecular formula is C8H13NO2. The van der Waals surface area contributed by atoms with Gasteiger partial charge in [0.05, 0.1) is 12.9 Å². The van der Waals surface area contributed by atoms with Crippen LogP contribution in [0.5, 0.6) is 0 Å². The molecule has 0 amide bonds. The average Bonchev–Trinajstić information content (AvgIpc) is 2.50. The SMILES string of the molecule is OCCNCCc1ccco1. The fourth-order valence-electron chi connectivity index (χ4n) is 0.870. The minimum Gasteiger partial charge on any atom is -0.469 e. The van der Waals surface area contributed by atoms with Crippen LogP contribution in [0.15, 0.2) is 22.8 Å². The van der Waals surface area contributed by atoms with E-state index in [1.165, 1.54) is 0 Å². The van der Waals surface area contributed by atoms with Gasteiger partial charge in [-0.2, -0.15) is 0 Å². The summed E-state index contributed by atoms with van der Waals surface area (Å²) in [5, 5.41) is 11.5. The summed E-state index contributed by atoms with van der Waals surface area (Å²) >= 11 is 0. The Morgan fingerprint density at radius 2 is 2.36 bits per heavy atom. The zero-order valence-corrected chi connectivity index (χ0v) is 6.42. The van der Waals surface area contributed by atoms with Gasteiger partial charge >= 0.3 is 0 Å². The zero-order valence-electron chi connectivity index (χ0n) is 6.42. The highest BCUT2D eigenvalue weighted by Crippen LogP contribution is 1.98. The summed E-state index contributed by atoms with van der Waals surface area (Å²) < 4.78 is 5.11. The van der Waals surface area contributed by atoms with Crippen molar-refractivity contribution in [2.75, 3.05) is 19.7 Å². The second-order valence-electron chi connectivity index (χ2n) is 2.30. The first-order chi connectivity index (χ1) is 5.43. The Hall–Kier alpha value is -0.800. The monoisotopic (exact) mass is 155 g/mol. The van der Waals surface area contributed by atoms with Gasteiger partial charge in [0.25, 0.3) is 0 Å². The van der Waals surface area contributed by atoms with Crippen molar-refractivity contribution in [1.29, 1.82) is 0 Å². The predicted molar refractivity (Wildman–Crippen MR) is 42.4 cm³/mol. The van der Waals surface area contributed by atoms with Crippen molar-refractivity contribution < 1.29 is 9.52 Å². The van der Waals surface area contributed by atoms with E-state index in [1.54, 1.807) is 6.26 Å². The van der Waals surface area contributed by atoms with Crippen molar-refractivity contribution in [3.05, 3.63) is 24.2 Å². The molecule has 0 bridgehead atoms. The molecular weight excluding hydrogens is 142 g/mol. The van der Waals surface area contributed by atoms with E-state index in [9.17, 15) is 0 Å². The summed E-state index contributed by atoms with van der Waals surface area (Å²) in [7, 11) is 0. The molecule has 0 unspecified atom stereocenters. The zero-order chi connectivity index (χ0) is 7.94. The Bertz CT molecular complexity index is 172. The fraction of sp³-hybridized carbons (Fsp3) is 0.500. The van der Waals surface area contributed by atoms with Crippen LogP contribution >= 0.6 is 0 Å². The first-order valence-electron chi connectivity index (χ1n) is 3.77. The number of hydrogen-bond donors (Lipinski definition) is 2. The third-order valence-electron chi connectivity index (χ3n) is 1.42. The number of aliphatic hydroxyl groups is 1. The minimum absolute atomic E-state index is 0.193. The topological polar surface area (TPSA) is 45.4 Å². The lowest BCUT2D eigenvalue weighted by molar-refractivity contribution is 0.292. The molecule has 1 heterocycles. The molecule has 3 nitrogen and oxygen atoms in total. The first-order valence-corrected chi connectivity index (χ1v) is 3.77. The average molecular weight is 155 g/mol. The van der Waals surface area contributed by atoms with Gasteiger partial charge in [0.1, 0.15) is 5.76 Å². The number of furan rings is 1. The summed E-state index contributed by atoms with van der Waals surface area (Å²) in [5.74, 6) is 0.982. The molecule has 0 fully saturated rings. The van der Waals surface area contributed by atoms with Gasteiger partial charge in [-0.05, 0) is 12.1 Å². The van der Waals surface area contributed by atoms with E-state index in [-0.39, 0.29) is 6.61 Å². The quantitative estimate of drug-likeness (QED) is 0.605. The van der Waals surface area contributed by atoms with Gasteiger partial charge in [-0.25, -0.2) is 0 Å². The highest BCUT2D eigenvalue weighted by Gasteiger charge is 1.93. The molecule has 1 aromatic heterocycles. The lowest BCUT2D eigenvalue weighted by Gasteiger charge is -1.98. The predicted octanol–water partition coefficient (Wildman–Crippen LogP) is 0.404. The van der Waals surface area contributed by atoms with E-state index >= 15 is 0 Å². The van der Waals surface area contributed by atoms with Gasteiger partial charge in [0.2, 0.25) is 0 Å². The third kappa shape index (κ3) is 3.20. The summed E-state index contributed by atoms with van der Waals surface area (Å²) in [6.07, 6.45) is 2.55. The second-order valence-corrected chi connectivity index (χ2v) is 2.30. The lowest BCUT2D eigenvalue weighted by atomic mass is 10.3. The molecule has 0 spiro atoms. The van der Waals surface area contributed by atoms with Crippen LogP contribution in [-0.2, 0) is 6.42 Å². The van der Waals surface area contributed by atoms with Gasteiger partial charge in [-0.15, -0.1) is 0 Å². The Kier molecular flexibility index (Phi) is 3.72. The van der Waals surface area contributed by atoms with Crippen LogP contribution in [0, 0.1) is 0 Å². The standard InChI is InChI=1S/C8H13NO2/c10-6-5-9-4-3-8-2-1-7-11-8/h1-2,7,9-10H,3-6H2. The van der Waals surface area contributed by atoms with Crippen LogP contribution in [0.1, 0.15) is 5.76 Å². The maximum absolute atomic E-state index is 8.44. The minimum atomic E-state index is 0.193. The summed E-state index contributed by atoms with van der Waals surface area (Å²) in [6, 6.07) is 3.82. The molecule has 3 heteroatoms. The first kappa shape index (κ1) is 8.30. The van der Waals surface area contributed by atoms with Crippen LogP contribution in [0.4, 0.5) is 0 Å². The number of nitrogens with one attached hydrogen (secondary N) is 1. The van der Waals surface area contributed by atoms with Crippen LogP contribution in [-0.4, -0.2) is 24.8 Å². The van der Waals surface area contributed by atoms with Crippen molar-refractivity contribution in [3.8, 4) is 0 Å². The van der Waals surface area contributed by atoms with Crippen LogP contribution in [0.3, 0.4) is 0 Å². The number of rotatable bonds is 5. The number of hydrogen-bond acceptors (Lipinski definition) is 3. The van der Waals surface area contributed by atoms with Gasteiger partial charge in [-0.1, -0.05) is 0 Å². The Balaban J connectivity index is 2.04. The maximum Gasteiger partial charge on any atom is 0.105 e. The summed E-state index contributed by atoms with van der Waals surface area (Å²) in [6.45, 7) is 1.70. The molecule has 0 saturated carbocycles. The third-order valence-corrected chi connectivity index (χ3v) is 1.42. The molecule has 0 aliphatic rings. The van der Waals surface area contributed by atoms with Crippen LogP contribution in [0.25, 0.3) is 0 Å². The van der Waals surface area contributed by atoms with Crippen molar-refractivity contribution in [3.63, 3.8) is 0 Å². The Labute approximate surface area is 66.0 Å². The summed E-state index contributed by atoms with van der Waals surface area (Å²) in [4.78, 5) is 0. The highest BCUT2D eigenvalue weighted by molar-refractivity contribution is 4.98. The molecule has 62 valence electrons. The highest BCUT2D eigenvalue weighted by atomic mass is 16.3. The molecule has 1 rings (SSSR count). The molecule has 0 aliphatic carbocycles. The van der Waals surface area contributed by atoms with Crippen molar-refractivity contribution >= 4 is 0 Å². The largest absolute Gasteiger partial charge is 0.469 e. The van der Waals surface area contributed by atoms with Gasteiger partial charge < -0.3 is 14.8 Å². The molecule has 11 heavy (non-hydrogen) atoms. The van der Waals surface area contributed by atoms with Gasteiger partial charge in [0, 0.05) is 19.5 Å². The molecule has 0 saturated heterocycles. The van der Waals surface area contributed by atoms with E-state index in [0.29, 0.717) is 6.54 Å².